The third-order valence-electron chi connectivity index (χ3n) is 2.86. The Labute approximate surface area is 127 Å². The van der Waals surface area contributed by atoms with Crippen LogP contribution in [0.15, 0.2) is 41.8 Å². The first-order valence-electron chi connectivity index (χ1n) is 6.54. The first-order valence-corrected chi connectivity index (χ1v) is 7.42. The molecule has 5 nitrogen and oxygen atoms in total. The molecule has 0 aliphatic rings. The van der Waals surface area contributed by atoms with Crippen LogP contribution in [0.1, 0.15) is 10.4 Å². The molecule has 1 aromatic carbocycles. The van der Waals surface area contributed by atoms with Gasteiger partial charge in [0.2, 0.25) is 5.91 Å². The second-order valence-electron chi connectivity index (χ2n) is 4.43. The van der Waals surface area contributed by atoms with Crippen molar-refractivity contribution >= 4 is 29.0 Å². The quantitative estimate of drug-likeness (QED) is 0.793. The molecule has 1 heterocycles. The number of hydrogen-bond donors (Lipinski definition) is 3. The van der Waals surface area contributed by atoms with E-state index in [4.69, 9.17) is 0 Å². The van der Waals surface area contributed by atoms with Gasteiger partial charge in [-0.1, -0.05) is 18.2 Å². The summed E-state index contributed by atoms with van der Waals surface area (Å²) in [5.41, 5.74) is 1.60. The fourth-order valence-electron chi connectivity index (χ4n) is 1.74. The molecule has 0 atom stereocenters. The van der Waals surface area contributed by atoms with Gasteiger partial charge in [-0.25, -0.2) is 4.79 Å². The van der Waals surface area contributed by atoms with Crippen LogP contribution in [-0.2, 0) is 17.8 Å². The largest absolute Gasteiger partial charge is 0.359 e. The van der Waals surface area contributed by atoms with E-state index in [-0.39, 0.29) is 11.9 Å². The minimum atomic E-state index is -0.248. The van der Waals surface area contributed by atoms with Crippen molar-refractivity contribution < 1.29 is 9.59 Å². The lowest BCUT2D eigenvalue weighted by atomic mass is 10.1. The molecule has 3 amide bonds. The van der Waals surface area contributed by atoms with E-state index in [2.05, 4.69) is 16.0 Å². The van der Waals surface area contributed by atoms with Crippen molar-refractivity contribution in [2.75, 3.05) is 12.4 Å². The summed E-state index contributed by atoms with van der Waals surface area (Å²) in [5.74, 6) is -0.0376. The van der Waals surface area contributed by atoms with Gasteiger partial charge in [0.25, 0.3) is 0 Å². The molecule has 0 saturated carbocycles. The van der Waals surface area contributed by atoms with Crippen LogP contribution in [0, 0.1) is 0 Å². The molecule has 0 radical (unpaired) electrons. The summed E-state index contributed by atoms with van der Waals surface area (Å²) < 4.78 is 0. The van der Waals surface area contributed by atoms with Gasteiger partial charge in [0.15, 0.2) is 0 Å². The Morgan fingerprint density at radius 1 is 1.14 bits per heavy atom. The van der Waals surface area contributed by atoms with Crippen LogP contribution in [0.25, 0.3) is 0 Å². The lowest BCUT2D eigenvalue weighted by Crippen LogP contribution is -2.27. The second kappa shape index (κ2) is 7.44. The molecule has 0 unspecified atom stereocenters. The molecule has 0 aliphatic heterocycles. The van der Waals surface area contributed by atoms with E-state index >= 15 is 0 Å². The van der Waals surface area contributed by atoms with E-state index in [0.29, 0.717) is 18.7 Å². The predicted molar refractivity (Wildman–Crippen MR) is 84.4 cm³/mol. The van der Waals surface area contributed by atoms with Crippen LogP contribution in [0.5, 0.6) is 0 Å². The highest BCUT2D eigenvalue weighted by Crippen LogP contribution is 2.11. The first kappa shape index (κ1) is 15.1. The van der Waals surface area contributed by atoms with Gasteiger partial charge in [-0.15, -0.1) is 11.3 Å². The predicted octanol–water partition coefficient (Wildman–Crippen LogP) is 2.36. The van der Waals surface area contributed by atoms with Gasteiger partial charge >= 0.3 is 6.03 Å². The van der Waals surface area contributed by atoms with E-state index in [1.54, 1.807) is 30.5 Å². The number of benzene rings is 1. The van der Waals surface area contributed by atoms with Crippen molar-refractivity contribution in [3.8, 4) is 0 Å². The third-order valence-corrected chi connectivity index (χ3v) is 3.73. The molecule has 1 aromatic heterocycles. The van der Waals surface area contributed by atoms with E-state index in [1.807, 2.05) is 29.6 Å². The maximum Gasteiger partial charge on any atom is 0.319 e. The number of thiophene rings is 1. The molecular formula is C15H17N3O2S. The van der Waals surface area contributed by atoms with Gasteiger partial charge in [-0.3, -0.25) is 4.79 Å². The van der Waals surface area contributed by atoms with Crippen LogP contribution in [0.4, 0.5) is 10.5 Å². The molecule has 2 rings (SSSR count). The van der Waals surface area contributed by atoms with Gasteiger partial charge in [0.05, 0.1) is 13.0 Å². The molecule has 21 heavy (non-hydrogen) atoms. The standard InChI is InChI=1S/C15H17N3O2S/c1-16-14(19)9-11-4-6-12(7-5-11)18-15(20)17-10-13-3-2-8-21-13/h2-8H,9-10H2,1H3,(H,16,19)(H2,17,18,20). The van der Waals surface area contributed by atoms with E-state index < -0.39 is 0 Å². The number of amides is 3. The molecule has 110 valence electrons. The third kappa shape index (κ3) is 4.92. The number of anilines is 1. The Morgan fingerprint density at radius 3 is 2.52 bits per heavy atom. The summed E-state index contributed by atoms with van der Waals surface area (Å²) in [4.78, 5) is 24.1. The Bertz CT molecular complexity index is 594. The Balaban J connectivity index is 1.82. The van der Waals surface area contributed by atoms with Crippen molar-refractivity contribution in [1.82, 2.24) is 10.6 Å². The Hall–Kier alpha value is -2.34. The maximum atomic E-state index is 11.7. The molecule has 0 aliphatic carbocycles. The average molecular weight is 303 g/mol. The fraction of sp³-hybridized carbons (Fsp3) is 0.200. The summed E-state index contributed by atoms with van der Waals surface area (Å²) in [6.45, 7) is 0.512. The van der Waals surface area contributed by atoms with Gasteiger partial charge in [-0.05, 0) is 29.1 Å². The number of hydrogen-bond acceptors (Lipinski definition) is 3. The molecule has 0 spiro atoms. The lowest BCUT2D eigenvalue weighted by molar-refractivity contribution is -0.119. The van der Waals surface area contributed by atoms with Crippen molar-refractivity contribution in [3.05, 3.63) is 52.2 Å². The fourth-order valence-corrected chi connectivity index (χ4v) is 2.38. The van der Waals surface area contributed by atoms with E-state index in [9.17, 15) is 9.59 Å². The van der Waals surface area contributed by atoms with Crippen LogP contribution in [0.2, 0.25) is 0 Å². The number of carbonyl (C=O) groups excluding carboxylic acids is 2. The molecule has 6 heteroatoms. The van der Waals surface area contributed by atoms with Crippen LogP contribution < -0.4 is 16.0 Å². The Kier molecular flexibility index (Phi) is 5.34. The normalized spacial score (nSPS) is 9.95. The molecule has 0 saturated heterocycles. The summed E-state index contributed by atoms with van der Waals surface area (Å²) in [6, 6.07) is 10.9. The lowest BCUT2D eigenvalue weighted by Gasteiger charge is -2.07. The summed E-state index contributed by atoms with van der Waals surface area (Å²) in [7, 11) is 1.61. The van der Waals surface area contributed by atoms with Crippen LogP contribution in [0.3, 0.4) is 0 Å². The average Bonchev–Trinajstić information content (AvgIpc) is 3.00. The van der Waals surface area contributed by atoms with Gasteiger partial charge < -0.3 is 16.0 Å². The molecule has 3 N–H and O–H groups in total. The highest BCUT2D eigenvalue weighted by atomic mass is 32.1. The smallest absolute Gasteiger partial charge is 0.319 e. The summed E-state index contributed by atoms with van der Waals surface area (Å²) in [6.07, 6.45) is 0.335. The Morgan fingerprint density at radius 2 is 1.90 bits per heavy atom. The van der Waals surface area contributed by atoms with Crippen molar-refractivity contribution in [1.29, 1.82) is 0 Å². The SMILES string of the molecule is CNC(=O)Cc1ccc(NC(=O)NCc2cccs2)cc1. The number of carbonyl (C=O) groups is 2. The topological polar surface area (TPSA) is 70.2 Å². The number of rotatable bonds is 5. The highest BCUT2D eigenvalue weighted by molar-refractivity contribution is 7.09. The monoisotopic (exact) mass is 303 g/mol. The van der Waals surface area contributed by atoms with E-state index in [1.165, 1.54) is 0 Å². The van der Waals surface area contributed by atoms with Crippen molar-refractivity contribution in [2.45, 2.75) is 13.0 Å². The maximum absolute atomic E-state index is 11.7. The van der Waals surface area contributed by atoms with Gasteiger partial charge in [0, 0.05) is 17.6 Å². The van der Waals surface area contributed by atoms with Crippen LogP contribution in [-0.4, -0.2) is 19.0 Å². The number of likely N-dealkylation sites (N-methyl/N-ethyl adjacent to an activating group) is 1. The number of nitrogens with one attached hydrogen (secondary N) is 3. The van der Waals surface area contributed by atoms with Crippen molar-refractivity contribution in [2.24, 2.45) is 0 Å². The number of urea groups is 1. The molecular weight excluding hydrogens is 286 g/mol. The highest BCUT2D eigenvalue weighted by Gasteiger charge is 2.04. The van der Waals surface area contributed by atoms with Crippen molar-refractivity contribution in [3.63, 3.8) is 0 Å². The van der Waals surface area contributed by atoms with Gasteiger partial charge in [0.1, 0.15) is 0 Å². The minimum Gasteiger partial charge on any atom is -0.359 e. The zero-order chi connectivity index (χ0) is 15.1. The molecule has 0 fully saturated rings. The minimum absolute atomic E-state index is 0.0376. The van der Waals surface area contributed by atoms with E-state index in [0.717, 1.165) is 10.4 Å². The van der Waals surface area contributed by atoms with Gasteiger partial charge in [-0.2, -0.15) is 0 Å². The summed E-state index contributed by atoms with van der Waals surface area (Å²) >= 11 is 1.60. The second-order valence-corrected chi connectivity index (χ2v) is 5.47. The molecule has 2 aromatic rings. The molecule has 0 bridgehead atoms. The zero-order valence-corrected chi connectivity index (χ0v) is 12.5. The van der Waals surface area contributed by atoms with Crippen LogP contribution >= 0.6 is 11.3 Å². The zero-order valence-electron chi connectivity index (χ0n) is 11.7. The summed E-state index contributed by atoms with van der Waals surface area (Å²) in [5, 5.41) is 10.1. The first-order chi connectivity index (χ1) is 10.2.